The smallest absolute Gasteiger partial charge is 0.310 e. The lowest BCUT2D eigenvalue weighted by Crippen LogP contribution is -2.09. The second-order valence-electron chi connectivity index (χ2n) is 3.60. The van der Waals surface area contributed by atoms with E-state index in [0.717, 1.165) is 0 Å². The number of halogens is 1. The molecular formula is C11H11FO4. The third kappa shape index (κ3) is 1.68. The Bertz CT molecular complexity index is 430. The Labute approximate surface area is 91.6 Å². The first-order valence-corrected chi connectivity index (χ1v) is 4.84. The average molecular weight is 226 g/mol. The fourth-order valence-corrected chi connectivity index (χ4v) is 1.65. The molecule has 0 spiro atoms. The van der Waals surface area contributed by atoms with E-state index < -0.39 is 18.6 Å². The predicted octanol–water partition coefficient (Wildman–Crippen LogP) is 2.07. The second-order valence-corrected chi connectivity index (χ2v) is 3.60. The van der Waals surface area contributed by atoms with E-state index in [0.29, 0.717) is 22.6 Å². The number of hydrogen-bond acceptors (Lipinski definition) is 3. The Hall–Kier alpha value is -1.78. The van der Waals surface area contributed by atoms with Crippen molar-refractivity contribution in [3.8, 4) is 11.5 Å². The number of carbonyl (C=O) groups is 1. The van der Waals surface area contributed by atoms with Gasteiger partial charge in [0.05, 0.1) is 5.92 Å². The van der Waals surface area contributed by atoms with Crippen LogP contribution in [0.2, 0.25) is 0 Å². The summed E-state index contributed by atoms with van der Waals surface area (Å²) >= 11 is 0. The van der Waals surface area contributed by atoms with E-state index in [4.69, 9.17) is 14.6 Å². The zero-order valence-electron chi connectivity index (χ0n) is 8.70. The quantitative estimate of drug-likeness (QED) is 0.857. The Balaban J connectivity index is 2.47. The first-order valence-electron chi connectivity index (χ1n) is 4.84. The third-order valence-corrected chi connectivity index (χ3v) is 2.62. The molecule has 1 aliphatic heterocycles. The topological polar surface area (TPSA) is 55.8 Å². The van der Waals surface area contributed by atoms with Crippen molar-refractivity contribution < 1.29 is 23.8 Å². The van der Waals surface area contributed by atoms with Crippen molar-refractivity contribution in [1.29, 1.82) is 0 Å². The lowest BCUT2D eigenvalue weighted by molar-refractivity contribution is -0.138. The van der Waals surface area contributed by atoms with E-state index in [-0.39, 0.29) is 6.79 Å². The fourth-order valence-electron chi connectivity index (χ4n) is 1.65. The van der Waals surface area contributed by atoms with Gasteiger partial charge in [0, 0.05) is 0 Å². The van der Waals surface area contributed by atoms with Crippen molar-refractivity contribution in [2.75, 3.05) is 6.79 Å². The van der Waals surface area contributed by atoms with Crippen molar-refractivity contribution in [2.24, 2.45) is 0 Å². The van der Waals surface area contributed by atoms with Crippen LogP contribution in [0.3, 0.4) is 0 Å². The summed E-state index contributed by atoms with van der Waals surface area (Å²) in [4.78, 5) is 10.9. The first-order chi connectivity index (χ1) is 7.63. The molecule has 0 amide bonds. The Morgan fingerprint density at radius 1 is 1.50 bits per heavy atom. The van der Waals surface area contributed by atoms with Gasteiger partial charge in [-0.15, -0.1) is 0 Å². The summed E-state index contributed by atoms with van der Waals surface area (Å²) in [6.45, 7) is 0.884. The monoisotopic (exact) mass is 226 g/mol. The van der Waals surface area contributed by atoms with Crippen LogP contribution >= 0.6 is 0 Å². The minimum atomic E-state index is -0.992. The van der Waals surface area contributed by atoms with Crippen LogP contribution in [0.15, 0.2) is 12.1 Å². The van der Waals surface area contributed by atoms with Crippen LogP contribution in [0.1, 0.15) is 24.0 Å². The van der Waals surface area contributed by atoms with Crippen LogP contribution < -0.4 is 9.47 Å². The SMILES string of the molecule is CC(C(=O)O)c1cc2c(cc1CF)OCO2. The van der Waals surface area contributed by atoms with Crippen LogP contribution in [0.25, 0.3) is 0 Å². The van der Waals surface area contributed by atoms with Gasteiger partial charge in [-0.25, -0.2) is 4.39 Å². The molecule has 1 unspecified atom stereocenters. The summed E-state index contributed by atoms with van der Waals surface area (Å²) in [7, 11) is 0. The van der Waals surface area contributed by atoms with Crippen LogP contribution in [0.5, 0.6) is 11.5 Å². The lowest BCUT2D eigenvalue weighted by Gasteiger charge is -2.11. The molecule has 4 nitrogen and oxygen atoms in total. The number of ether oxygens (including phenoxy) is 2. The minimum Gasteiger partial charge on any atom is -0.481 e. The Morgan fingerprint density at radius 2 is 2.12 bits per heavy atom. The van der Waals surface area contributed by atoms with Gasteiger partial charge < -0.3 is 14.6 Å². The van der Waals surface area contributed by atoms with Gasteiger partial charge in [0.1, 0.15) is 6.67 Å². The van der Waals surface area contributed by atoms with E-state index in [1.165, 1.54) is 19.1 Å². The molecule has 0 bridgehead atoms. The molecular weight excluding hydrogens is 215 g/mol. The zero-order chi connectivity index (χ0) is 11.7. The molecule has 1 atom stereocenters. The molecule has 0 radical (unpaired) electrons. The predicted molar refractivity (Wildman–Crippen MR) is 53.4 cm³/mol. The van der Waals surface area contributed by atoms with Crippen LogP contribution in [-0.4, -0.2) is 17.9 Å². The number of rotatable bonds is 3. The van der Waals surface area contributed by atoms with E-state index in [2.05, 4.69) is 0 Å². The first kappa shape index (κ1) is 10.7. The molecule has 16 heavy (non-hydrogen) atoms. The van der Waals surface area contributed by atoms with E-state index in [1.54, 1.807) is 0 Å². The Kier molecular flexibility index (Phi) is 2.68. The van der Waals surface area contributed by atoms with Crippen LogP contribution in [0.4, 0.5) is 4.39 Å². The number of alkyl halides is 1. The van der Waals surface area contributed by atoms with Gasteiger partial charge in [0.2, 0.25) is 6.79 Å². The van der Waals surface area contributed by atoms with E-state index in [1.807, 2.05) is 0 Å². The lowest BCUT2D eigenvalue weighted by atomic mass is 9.95. The van der Waals surface area contributed by atoms with Gasteiger partial charge in [-0.3, -0.25) is 4.79 Å². The highest BCUT2D eigenvalue weighted by Gasteiger charge is 2.23. The summed E-state index contributed by atoms with van der Waals surface area (Å²) in [5.74, 6) is -0.817. The maximum absolute atomic E-state index is 12.8. The molecule has 2 rings (SSSR count). The number of carboxylic acid groups (broad SMARTS) is 1. The van der Waals surface area contributed by atoms with E-state index in [9.17, 15) is 9.18 Å². The van der Waals surface area contributed by atoms with Gasteiger partial charge in [-0.1, -0.05) is 0 Å². The van der Waals surface area contributed by atoms with Gasteiger partial charge in [-0.2, -0.15) is 0 Å². The standard InChI is InChI=1S/C11H11FO4/c1-6(11(13)14)8-3-10-9(15-5-16-10)2-7(8)4-12/h2-3,6H,4-5H2,1H3,(H,13,14). The summed E-state index contributed by atoms with van der Waals surface area (Å²) in [5, 5.41) is 8.91. The number of carboxylic acids is 1. The number of fused-ring (bicyclic) bond motifs is 1. The van der Waals surface area contributed by atoms with Crippen molar-refractivity contribution in [3.63, 3.8) is 0 Å². The largest absolute Gasteiger partial charge is 0.481 e. The molecule has 0 aliphatic carbocycles. The van der Waals surface area contributed by atoms with Gasteiger partial charge in [0.25, 0.3) is 0 Å². The molecule has 86 valence electrons. The highest BCUT2D eigenvalue weighted by atomic mass is 19.1. The van der Waals surface area contributed by atoms with Crippen molar-refractivity contribution in [2.45, 2.75) is 19.5 Å². The summed E-state index contributed by atoms with van der Waals surface area (Å²) in [6, 6.07) is 3.03. The van der Waals surface area contributed by atoms with Crippen LogP contribution in [0, 0.1) is 0 Å². The molecule has 0 fully saturated rings. The molecule has 0 saturated heterocycles. The molecule has 0 saturated carbocycles. The third-order valence-electron chi connectivity index (χ3n) is 2.62. The zero-order valence-corrected chi connectivity index (χ0v) is 8.70. The van der Waals surface area contributed by atoms with Crippen molar-refractivity contribution in [1.82, 2.24) is 0 Å². The molecule has 5 heteroatoms. The number of hydrogen-bond donors (Lipinski definition) is 1. The average Bonchev–Trinajstić information content (AvgIpc) is 2.72. The minimum absolute atomic E-state index is 0.0893. The molecule has 1 aromatic carbocycles. The summed E-state index contributed by atoms with van der Waals surface area (Å²) in [5.41, 5.74) is 0.762. The van der Waals surface area contributed by atoms with Crippen molar-refractivity contribution >= 4 is 5.97 Å². The molecule has 1 aromatic rings. The molecule has 0 aromatic heterocycles. The fraction of sp³-hybridized carbons (Fsp3) is 0.364. The van der Waals surface area contributed by atoms with Gasteiger partial charge in [0.15, 0.2) is 11.5 Å². The molecule has 1 heterocycles. The molecule has 1 aliphatic rings. The van der Waals surface area contributed by atoms with Gasteiger partial charge >= 0.3 is 5.97 Å². The highest BCUT2D eigenvalue weighted by Crippen LogP contribution is 2.37. The maximum atomic E-state index is 12.8. The van der Waals surface area contributed by atoms with Crippen LogP contribution in [-0.2, 0) is 11.5 Å². The summed E-state index contributed by atoms with van der Waals surface area (Å²) in [6.07, 6.45) is 0. The van der Waals surface area contributed by atoms with Crippen molar-refractivity contribution in [3.05, 3.63) is 23.3 Å². The van der Waals surface area contributed by atoms with E-state index >= 15 is 0 Å². The normalized spacial score (nSPS) is 14.9. The maximum Gasteiger partial charge on any atom is 0.310 e. The number of aliphatic carboxylic acids is 1. The number of benzene rings is 1. The highest BCUT2D eigenvalue weighted by molar-refractivity contribution is 5.76. The Morgan fingerprint density at radius 3 is 2.69 bits per heavy atom. The molecule has 1 N–H and O–H groups in total. The van der Waals surface area contributed by atoms with Gasteiger partial charge in [-0.05, 0) is 30.2 Å². The summed E-state index contributed by atoms with van der Waals surface area (Å²) < 4.78 is 23.0. The second kappa shape index (κ2) is 4.00.